The van der Waals surface area contributed by atoms with E-state index in [1.54, 1.807) is 0 Å². The smallest absolute Gasteiger partial charge is 0.306 e. The maximum Gasteiger partial charge on any atom is 0.306 e. The van der Waals surface area contributed by atoms with Crippen LogP contribution in [0, 0.1) is 0 Å². The van der Waals surface area contributed by atoms with Crippen molar-refractivity contribution in [2.45, 2.75) is 303 Å². The molecule has 0 rings (SSSR count). The second-order valence-electron chi connectivity index (χ2n) is 21.3. The van der Waals surface area contributed by atoms with Crippen LogP contribution in [0.1, 0.15) is 297 Å². The molecular formula is C72H120O6. The number of esters is 3. The van der Waals surface area contributed by atoms with Crippen LogP contribution in [0.25, 0.3) is 0 Å². The van der Waals surface area contributed by atoms with Gasteiger partial charge in [-0.1, -0.05) is 284 Å². The molecule has 0 heterocycles. The minimum absolute atomic E-state index is 0.0822. The summed E-state index contributed by atoms with van der Waals surface area (Å²) < 4.78 is 16.8. The molecule has 6 heteroatoms. The normalized spacial score (nSPS) is 12.9. The highest BCUT2D eigenvalue weighted by atomic mass is 16.6. The largest absolute Gasteiger partial charge is 0.462 e. The standard InChI is InChI=1S/C72H120O6/c1-4-7-10-13-16-18-20-22-24-26-28-29-30-31-32-33-34-35-36-37-38-39-40-41-42-43-45-46-48-50-52-54-56-59-62-65-71(74)77-68-69(67-76-70(73)64-61-58-15-12-9-6-3)78-72(75)66-63-60-57-55-53-51-49-47-44-27-25-23-21-19-17-14-11-8-5-2/h7,10,16,18,22-25,28-29,31-32,34-35,37-38,40-41,43,45,69H,4-6,8-9,11-15,17,19-21,26-27,30,33,36,39,42,44,46-68H2,1-3H3/b10-7-,18-16-,24-22-,25-23-,29-28-,32-31-,35-34-,38-37-,41-40-,45-43-. The van der Waals surface area contributed by atoms with E-state index in [4.69, 9.17) is 14.2 Å². The zero-order valence-electron chi connectivity index (χ0n) is 50.9. The molecule has 0 spiro atoms. The van der Waals surface area contributed by atoms with Gasteiger partial charge in [0.05, 0.1) is 0 Å². The lowest BCUT2D eigenvalue weighted by molar-refractivity contribution is -0.167. The second-order valence-corrected chi connectivity index (χ2v) is 21.3. The fourth-order valence-electron chi connectivity index (χ4n) is 8.84. The minimum Gasteiger partial charge on any atom is -0.462 e. The summed E-state index contributed by atoms with van der Waals surface area (Å²) in [5, 5.41) is 0. The summed E-state index contributed by atoms with van der Waals surface area (Å²) >= 11 is 0. The van der Waals surface area contributed by atoms with Gasteiger partial charge in [0.25, 0.3) is 0 Å². The molecule has 0 aromatic heterocycles. The number of unbranched alkanes of at least 4 members (excludes halogenated alkanes) is 27. The van der Waals surface area contributed by atoms with Gasteiger partial charge in [0.1, 0.15) is 13.2 Å². The Bertz CT molecular complexity index is 1620. The van der Waals surface area contributed by atoms with Crippen molar-refractivity contribution in [3.63, 3.8) is 0 Å². The van der Waals surface area contributed by atoms with Crippen LogP contribution in [-0.4, -0.2) is 37.2 Å². The van der Waals surface area contributed by atoms with Crippen molar-refractivity contribution >= 4 is 17.9 Å². The third-order valence-corrected chi connectivity index (χ3v) is 13.7. The van der Waals surface area contributed by atoms with Gasteiger partial charge in [-0.3, -0.25) is 14.4 Å². The van der Waals surface area contributed by atoms with E-state index >= 15 is 0 Å². The fraction of sp³-hybridized carbons (Fsp3) is 0.681. The average molecular weight is 1080 g/mol. The molecule has 1 unspecified atom stereocenters. The Kier molecular flexibility index (Phi) is 61.8. The highest BCUT2D eigenvalue weighted by Crippen LogP contribution is 2.15. The van der Waals surface area contributed by atoms with E-state index in [-0.39, 0.29) is 31.1 Å². The van der Waals surface area contributed by atoms with E-state index in [0.717, 1.165) is 122 Å². The van der Waals surface area contributed by atoms with Gasteiger partial charge in [-0.05, 0) is 116 Å². The first-order valence-electron chi connectivity index (χ1n) is 32.5. The molecular weight excluding hydrogens is 961 g/mol. The Hall–Kier alpha value is -4.19. The number of rotatable bonds is 58. The first-order valence-corrected chi connectivity index (χ1v) is 32.5. The molecule has 0 aliphatic heterocycles. The summed E-state index contributed by atoms with van der Waals surface area (Å²) in [6.07, 6.45) is 91.0. The molecule has 0 aliphatic rings. The molecule has 1 atom stereocenters. The van der Waals surface area contributed by atoms with Crippen molar-refractivity contribution in [3.8, 4) is 0 Å². The summed E-state index contributed by atoms with van der Waals surface area (Å²) in [6.45, 7) is 6.46. The molecule has 0 N–H and O–H groups in total. The van der Waals surface area contributed by atoms with Crippen LogP contribution in [0.2, 0.25) is 0 Å². The topological polar surface area (TPSA) is 78.9 Å². The Morgan fingerprint density at radius 2 is 0.500 bits per heavy atom. The van der Waals surface area contributed by atoms with Gasteiger partial charge in [0, 0.05) is 19.3 Å². The average Bonchev–Trinajstić information content (AvgIpc) is 3.44. The van der Waals surface area contributed by atoms with E-state index in [9.17, 15) is 14.4 Å². The molecule has 6 nitrogen and oxygen atoms in total. The van der Waals surface area contributed by atoms with Crippen LogP contribution in [0.15, 0.2) is 122 Å². The number of ether oxygens (including phenoxy) is 3. The van der Waals surface area contributed by atoms with Gasteiger partial charge in [0.15, 0.2) is 6.10 Å². The lowest BCUT2D eigenvalue weighted by atomic mass is 10.1. The molecule has 78 heavy (non-hydrogen) atoms. The van der Waals surface area contributed by atoms with Crippen LogP contribution >= 0.6 is 0 Å². The van der Waals surface area contributed by atoms with Crippen LogP contribution in [0.3, 0.4) is 0 Å². The summed E-state index contributed by atoms with van der Waals surface area (Å²) in [6, 6.07) is 0. The van der Waals surface area contributed by atoms with Crippen molar-refractivity contribution in [1.29, 1.82) is 0 Å². The third kappa shape index (κ3) is 62.7. The Morgan fingerprint density at radius 1 is 0.269 bits per heavy atom. The molecule has 0 radical (unpaired) electrons. The van der Waals surface area contributed by atoms with Crippen LogP contribution in [-0.2, 0) is 28.6 Å². The van der Waals surface area contributed by atoms with Crippen molar-refractivity contribution in [2.75, 3.05) is 13.2 Å². The molecule has 0 saturated heterocycles. The fourth-order valence-corrected chi connectivity index (χ4v) is 8.84. The molecule has 0 amide bonds. The lowest BCUT2D eigenvalue weighted by Crippen LogP contribution is -2.30. The van der Waals surface area contributed by atoms with E-state index < -0.39 is 6.10 Å². The van der Waals surface area contributed by atoms with E-state index in [1.165, 1.54) is 135 Å². The molecule has 444 valence electrons. The Labute approximate surface area is 482 Å². The summed E-state index contributed by atoms with van der Waals surface area (Å²) in [7, 11) is 0. The SMILES string of the molecule is CC/C=C\C/C=C\C/C=C\C/C=C\C/C=C\C/C=C\C/C=C\C/C=C\C/C=C\CCCCCCCCCC(=O)OCC(COC(=O)CCCCCCCC)OC(=O)CCCCCCCCCCC/C=C\CCCCCCCC. The first kappa shape index (κ1) is 73.8. The third-order valence-electron chi connectivity index (χ3n) is 13.7. The van der Waals surface area contributed by atoms with Crippen molar-refractivity contribution in [3.05, 3.63) is 122 Å². The zero-order valence-corrected chi connectivity index (χ0v) is 50.9. The molecule has 0 saturated carbocycles. The predicted octanol–water partition coefficient (Wildman–Crippen LogP) is 22.4. The molecule has 0 bridgehead atoms. The summed E-state index contributed by atoms with van der Waals surface area (Å²) in [5.74, 6) is -0.901. The quantitative estimate of drug-likeness (QED) is 0.0261. The van der Waals surface area contributed by atoms with Crippen molar-refractivity contribution in [2.24, 2.45) is 0 Å². The molecule has 0 aliphatic carbocycles. The van der Waals surface area contributed by atoms with Gasteiger partial charge in [0.2, 0.25) is 0 Å². The van der Waals surface area contributed by atoms with Gasteiger partial charge in [-0.25, -0.2) is 0 Å². The van der Waals surface area contributed by atoms with Crippen molar-refractivity contribution in [1.82, 2.24) is 0 Å². The highest BCUT2D eigenvalue weighted by Gasteiger charge is 2.19. The molecule has 0 aromatic carbocycles. The number of hydrogen-bond donors (Lipinski definition) is 0. The van der Waals surface area contributed by atoms with E-state index in [0.29, 0.717) is 19.3 Å². The van der Waals surface area contributed by atoms with E-state index in [2.05, 4.69) is 142 Å². The monoisotopic (exact) mass is 1080 g/mol. The van der Waals surface area contributed by atoms with Crippen molar-refractivity contribution < 1.29 is 28.6 Å². The Morgan fingerprint density at radius 3 is 0.795 bits per heavy atom. The number of carbonyl (C=O) groups excluding carboxylic acids is 3. The van der Waals surface area contributed by atoms with Crippen LogP contribution < -0.4 is 0 Å². The highest BCUT2D eigenvalue weighted by molar-refractivity contribution is 5.71. The predicted molar refractivity (Wildman–Crippen MR) is 339 cm³/mol. The maximum absolute atomic E-state index is 12.8. The molecule has 0 fully saturated rings. The summed E-state index contributed by atoms with van der Waals surface area (Å²) in [4.78, 5) is 38.0. The second kappa shape index (κ2) is 65.3. The maximum atomic E-state index is 12.8. The van der Waals surface area contributed by atoms with Crippen LogP contribution in [0.5, 0.6) is 0 Å². The van der Waals surface area contributed by atoms with Gasteiger partial charge < -0.3 is 14.2 Å². The zero-order chi connectivity index (χ0) is 56.4. The number of hydrogen-bond acceptors (Lipinski definition) is 6. The number of allylic oxidation sites excluding steroid dienone is 20. The van der Waals surface area contributed by atoms with Gasteiger partial charge in [-0.15, -0.1) is 0 Å². The van der Waals surface area contributed by atoms with Gasteiger partial charge >= 0.3 is 17.9 Å². The van der Waals surface area contributed by atoms with E-state index in [1.807, 2.05) is 0 Å². The minimum atomic E-state index is -0.782. The number of carbonyl (C=O) groups is 3. The lowest BCUT2D eigenvalue weighted by Gasteiger charge is -2.18. The molecule has 0 aromatic rings. The summed E-state index contributed by atoms with van der Waals surface area (Å²) in [5.41, 5.74) is 0. The van der Waals surface area contributed by atoms with Gasteiger partial charge in [-0.2, -0.15) is 0 Å². The Balaban J connectivity index is 4.11. The first-order chi connectivity index (χ1) is 38.5. The van der Waals surface area contributed by atoms with Crippen LogP contribution in [0.4, 0.5) is 0 Å².